The highest BCUT2D eigenvalue weighted by Gasteiger charge is 2.64. The Labute approximate surface area is 538 Å². The summed E-state index contributed by atoms with van der Waals surface area (Å²) in [6.07, 6.45) is -84.9. The third-order valence-corrected chi connectivity index (χ3v) is 17.5. The van der Waals surface area contributed by atoms with Crippen molar-refractivity contribution in [2.75, 3.05) is 46.2 Å². The summed E-state index contributed by atoms with van der Waals surface area (Å²) < 4.78 is 90.1. The summed E-state index contributed by atoms with van der Waals surface area (Å²) >= 11 is 0. The van der Waals surface area contributed by atoms with E-state index >= 15 is 0 Å². The van der Waals surface area contributed by atoms with E-state index in [1.807, 2.05) is 0 Å². The highest BCUT2D eigenvalue weighted by atomic mass is 31.2. The zero-order chi connectivity index (χ0) is 71.7. The Bertz CT molecular complexity index is 2520. The van der Waals surface area contributed by atoms with Gasteiger partial charge in [0.05, 0.1) is 64.5 Å². The van der Waals surface area contributed by atoms with Crippen LogP contribution in [0.3, 0.4) is 0 Å². The van der Waals surface area contributed by atoms with Crippen molar-refractivity contribution < 1.29 is 223 Å². The molecule has 30 N–H and O–H groups in total. The van der Waals surface area contributed by atoms with Crippen LogP contribution in [0.5, 0.6) is 0 Å². The number of aliphatic carboxylic acids is 2. The molecule has 7 rings (SSSR count). The molecule has 0 bridgehead atoms. The first-order valence-corrected chi connectivity index (χ1v) is 30.9. The van der Waals surface area contributed by atoms with Gasteiger partial charge in [0.2, 0.25) is 0 Å². The number of rotatable bonds is 28. The lowest BCUT2D eigenvalue weighted by atomic mass is 9.89. The Kier molecular flexibility index (Phi) is 28.1. The van der Waals surface area contributed by atoms with Gasteiger partial charge in [-0.3, -0.25) is 4.52 Å². The molecular formula is C49H84NO45P. The van der Waals surface area contributed by atoms with Gasteiger partial charge >= 0.3 is 19.8 Å². The molecular weight excluding hydrogens is 1350 g/mol. The minimum Gasteiger partial charge on any atom is -0.477 e. The number of hydrogen-bond donors (Lipinski definition) is 29. The van der Waals surface area contributed by atoms with Gasteiger partial charge in [0.15, 0.2) is 31.5 Å². The van der Waals surface area contributed by atoms with Crippen molar-refractivity contribution in [2.45, 2.75) is 245 Å². The van der Waals surface area contributed by atoms with Gasteiger partial charge in [0.1, 0.15) is 171 Å². The minimum absolute atomic E-state index is 0.844. The molecule has 96 heavy (non-hydrogen) atoms. The number of hydrogen-bond acceptors (Lipinski definition) is 42. The quantitative estimate of drug-likeness (QED) is 0.0324. The maximum Gasteiger partial charge on any atom is 0.470 e. The van der Waals surface area contributed by atoms with Gasteiger partial charge < -0.3 is 210 Å². The van der Waals surface area contributed by atoms with Crippen molar-refractivity contribution in [1.82, 2.24) is 0 Å². The van der Waals surface area contributed by atoms with E-state index in [2.05, 4.69) is 0 Å². The summed E-state index contributed by atoms with van der Waals surface area (Å²) in [5.74, 6) is -11.7. The van der Waals surface area contributed by atoms with E-state index in [0.717, 1.165) is 0 Å². The van der Waals surface area contributed by atoms with Crippen LogP contribution in [-0.4, -0.2) is 433 Å². The molecule has 0 aromatic carbocycles. The summed E-state index contributed by atoms with van der Waals surface area (Å²) in [5, 5.41) is 281. The van der Waals surface area contributed by atoms with E-state index in [0.29, 0.717) is 0 Å². The van der Waals surface area contributed by atoms with E-state index in [1.54, 1.807) is 0 Å². The molecule has 0 amide bonds. The van der Waals surface area contributed by atoms with Crippen LogP contribution in [0.1, 0.15) is 12.8 Å². The molecule has 0 aromatic rings. The molecule has 7 aliphatic heterocycles. The second-order valence-electron chi connectivity index (χ2n) is 23.7. The summed E-state index contributed by atoms with van der Waals surface area (Å²) in [4.78, 5) is 46.3. The van der Waals surface area contributed by atoms with Crippen LogP contribution in [0.25, 0.3) is 0 Å². The number of carboxylic acid groups (broad SMARTS) is 2. The van der Waals surface area contributed by atoms with Gasteiger partial charge in [-0.25, -0.2) is 14.2 Å². The topological polar surface area (TPSA) is 773 Å². The Morgan fingerprint density at radius 1 is 0.458 bits per heavy atom. The predicted molar refractivity (Wildman–Crippen MR) is 285 cm³/mol. The van der Waals surface area contributed by atoms with Crippen LogP contribution in [0.15, 0.2) is 0 Å². The van der Waals surface area contributed by atoms with Crippen LogP contribution < -0.4 is 5.73 Å². The second kappa shape index (κ2) is 33.3. The van der Waals surface area contributed by atoms with E-state index in [4.69, 9.17) is 71.8 Å². The lowest BCUT2D eigenvalue weighted by molar-refractivity contribution is -0.405. The van der Waals surface area contributed by atoms with Crippen LogP contribution in [-0.2, 0) is 80.3 Å². The average molecular weight is 1440 g/mol. The van der Waals surface area contributed by atoms with Crippen molar-refractivity contribution in [1.29, 1.82) is 0 Å². The molecule has 560 valence electrons. The first kappa shape index (κ1) is 80.8. The first-order valence-electron chi connectivity index (χ1n) is 29.3. The summed E-state index contributed by atoms with van der Waals surface area (Å²) in [6.45, 7) is -8.54. The van der Waals surface area contributed by atoms with Gasteiger partial charge in [-0.15, -0.1) is 0 Å². The lowest BCUT2D eigenvalue weighted by Gasteiger charge is -2.52. The van der Waals surface area contributed by atoms with Crippen LogP contribution >= 0.6 is 7.82 Å². The number of carboxylic acids is 2. The number of aliphatic hydroxyl groups excluding tert-OH is 23. The number of carbonyl (C=O) groups is 2. The molecule has 0 radical (unpaired) electrons. The third kappa shape index (κ3) is 17.4. The van der Waals surface area contributed by atoms with Gasteiger partial charge in [-0.1, -0.05) is 0 Å². The molecule has 7 fully saturated rings. The van der Waals surface area contributed by atoms with E-state index < -0.39 is 311 Å². The smallest absolute Gasteiger partial charge is 0.470 e. The SMILES string of the molecule is N[C@H]1[C@@H](OCC(O)C2OC(OCC(O)C3OC(OC4C(O)C(O[C@H]5[C@@H]([C@H](O)CO)O[C@@](O)(C(=O)O)C[C@H]5O[C@]5(C(=O)O)C[C@@H](O)[C@@H](O)[C@@H]([C@H](O)CO)O5)OC(C(O)CO)C4OP(=O)(O)O)C(O)C(O[C@H]4O[C@H](CO)[C@@H](O)[C@H](O)[C@H]4O)C3O)C(O)C(O)C2O)O[C@H](CO)[C@@H](O)[C@@H]1O. The molecule has 46 nitrogen and oxygen atoms in total. The zero-order valence-electron chi connectivity index (χ0n) is 49.6. The Hall–Kier alpha value is -2.47. The van der Waals surface area contributed by atoms with Crippen molar-refractivity contribution in [3.63, 3.8) is 0 Å². The van der Waals surface area contributed by atoms with Crippen LogP contribution in [0.2, 0.25) is 0 Å². The number of aliphatic hydroxyl groups is 24. The molecule has 38 atom stereocenters. The Morgan fingerprint density at radius 2 is 0.906 bits per heavy atom. The normalized spacial score (nSPS) is 47.5. The fourth-order valence-electron chi connectivity index (χ4n) is 11.7. The highest BCUT2D eigenvalue weighted by Crippen LogP contribution is 2.46. The van der Waals surface area contributed by atoms with Crippen molar-refractivity contribution >= 4 is 19.8 Å². The van der Waals surface area contributed by atoms with Crippen molar-refractivity contribution in [3.05, 3.63) is 0 Å². The summed E-state index contributed by atoms with van der Waals surface area (Å²) in [7, 11) is -6.09. The van der Waals surface area contributed by atoms with Crippen LogP contribution in [0.4, 0.5) is 0 Å². The number of nitrogens with two attached hydrogens (primary N) is 1. The molecule has 0 spiro atoms. The van der Waals surface area contributed by atoms with Gasteiger partial charge in [0.25, 0.3) is 11.6 Å². The van der Waals surface area contributed by atoms with Gasteiger partial charge in [0, 0.05) is 12.8 Å². The van der Waals surface area contributed by atoms with Crippen LogP contribution in [0, 0.1) is 0 Å². The molecule has 47 heteroatoms. The standard InChI is InChI=1S/C49H84NO45P/c50-19-23(65)21(63)17(6-54)84-41(19)82-8-14(60)32-26(68)25(67)27(69)42(86-32)83-9-15(61)33-29(71)38(90-43-28(70)24(66)22(64)18(7-55)85-43)30(72)44(87-33)91-39-31(73)45(88-35(12(58)4-52)40(39)95-96(79,80)81)89-37-16(2-48(78,46(74)75)93-36(37)13(59)5-53)92-49(47(76)77)1-10(56)20(62)34(94-49)11(57)3-51/h10-45,51-73,78H,1-9,50H2,(H,74,75)(H,76,77)(H2,79,80,81)/t10-,11-,12?,13-,14?,15?,16-,17-,18-,19-,20-,21-,22-,23-,24+,25?,26?,27?,28-,29?,30?,31?,32?,33?,34-,35?,36-,37-,38?,39?,40?,41+,42?,43-,44?,45?,48-,49-/m1/s1. The van der Waals surface area contributed by atoms with E-state index in [-0.39, 0.29) is 0 Å². The molecule has 0 saturated carbocycles. The molecule has 0 aliphatic carbocycles. The molecule has 7 saturated heterocycles. The predicted octanol–water partition coefficient (Wildman–Crippen LogP) is -18.4. The Morgan fingerprint density at radius 3 is 1.45 bits per heavy atom. The lowest BCUT2D eigenvalue weighted by Crippen LogP contribution is -2.70. The summed E-state index contributed by atoms with van der Waals surface area (Å²) in [5.41, 5.74) is 5.87. The zero-order valence-corrected chi connectivity index (χ0v) is 50.5. The molecule has 7 heterocycles. The average Bonchev–Trinajstić information content (AvgIpc) is 0.751. The van der Waals surface area contributed by atoms with E-state index in [9.17, 15) is 157 Å². The number of phosphoric ester groups is 1. The number of ether oxygens (including phenoxy) is 13. The molecule has 0 aromatic heterocycles. The highest BCUT2D eigenvalue weighted by molar-refractivity contribution is 7.46. The number of phosphoric acid groups is 1. The molecule has 7 aliphatic rings. The van der Waals surface area contributed by atoms with Crippen molar-refractivity contribution in [2.24, 2.45) is 5.73 Å². The second-order valence-corrected chi connectivity index (χ2v) is 24.9. The van der Waals surface area contributed by atoms with E-state index in [1.165, 1.54) is 0 Å². The van der Waals surface area contributed by atoms with Gasteiger partial charge in [-0.2, -0.15) is 0 Å². The maximum atomic E-state index is 13.2. The largest absolute Gasteiger partial charge is 0.477 e. The fraction of sp³-hybridized carbons (Fsp3) is 0.959. The molecule has 18 unspecified atom stereocenters. The summed E-state index contributed by atoms with van der Waals surface area (Å²) in [6, 6.07) is -1.51. The fourth-order valence-corrected chi connectivity index (χ4v) is 12.2. The monoisotopic (exact) mass is 1440 g/mol. The maximum absolute atomic E-state index is 13.2. The minimum atomic E-state index is -6.09. The third-order valence-electron chi connectivity index (χ3n) is 17.0. The van der Waals surface area contributed by atoms with Crippen molar-refractivity contribution in [3.8, 4) is 0 Å². The Balaban J connectivity index is 1.24. The first-order chi connectivity index (χ1) is 44.8. The van der Waals surface area contributed by atoms with Gasteiger partial charge in [-0.05, 0) is 0 Å².